The van der Waals surface area contributed by atoms with E-state index in [0.29, 0.717) is 11.5 Å². The first-order chi connectivity index (χ1) is 15.6. The lowest BCUT2D eigenvalue weighted by Crippen LogP contribution is -2.44. The third-order valence-electron chi connectivity index (χ3n) is 6.32. The average molecular weight is 418 g/mol. The highest BCUT2D eigenvalue weighted by Crippen LogP contribution is 2.49. The van der Waals surface area contributed by atoms with Crippen LogP contribution in [0.5, 0.6) is 11.5 Å². The fourth-order valence-corrected chi connectivity index (χ4v) is 4.61. The highest BCUT2D eigenvalue weighted by atomic mass is 16.7. The Balaban J connectivity index is 1.66. The largest absolute Gasteiger partial charge is 0.451 e. The first kappa shape index (κ1) is 18.9. The predicted octanol–water partition coefficient (Wildman–Crippen LogP) is 6.67. The lowest BCUT2D eigenvalue weighted by molar-refractivity contribution is -0.148. The molecule has 0 fully saturated rings. The maximum atomic E-state index is 11.6. The Morgan fingerprint density at radius 3 is 1.59 bits per heavy atom. The van der Waals surface area contributed by atoms with Crippen LogP contribution in [0.2, 0.25) is 0 Å². The van der Waals surface area contributed by atoms with E-state index in [0.717, 1.165) is 38.2 Å². The molecule has 3 heteroatoms. The molecule has 0 spiro atoms. The summed E-state index contributed by atoms with van der Waals surface area (Å²) in [6.07, 6.45) is -0.924. The van der Waals surface area contributed by atoms with Gasteiger partial charge in [0.2, 0.25) is 0 Å². The van der Waals surface area contributed by atoms with Crippen LogP contribution in [-0.4, -0.2) is 11.4 Å². The molecular weight excluding hydrogens is 396 g/mol. The highest BCUT2D eigenvalue weighted by Gasteiger charge is 2.40. The van der Waals surface area contributed by atoms with Crippen LogP contribution in [0.3, 0.4) is 0 Å². The van der Waals surface area contributed by atoms with Gasteiger partial charge in [0.1, 0.15) is 11.5 Å². The van der Waals surface area contributed by atoms with Gasteiger partial charge in [-0.1, -0.05) is 91.0 Å². The van der Waals surface area contributed by atoms with Crippen LogP contribution in [0.1, 0.15) is 12.5 Å². The van der Waals surface area contributed by atoms with Crippen molar-refractivity contribution in [2.75, 3.05) is 0 Å². The molecule has 6 rings (SSSR count). The quantitative estimate of drug-likeness (QED) is 0.348. The SMILES string of the molecule is C[C@](O)(c1ccccc1)C1Oc2ccc3ccccc3c2-c2c(ccc3ccccc23)O1. The summed E-state index contributed by atoms with van der Waals surface area (Å²) in [7, 11) is 0. The average Bonchev–Trinajstić information content (AvgIpc) is 3.02. The Kier molecular flexibility index (Phi) is 4.20. The molecule has 1 aliphatic heterocycles. The molecule has 0 aliphatic carbocycles. The minimum Gasteiger partial charge on any atom is -0.451 e. The number of ether oxygens (including phenoxy) is 2. The van der Waals surface area contributed by atoms with Crippen LogP contribution in [0.15, 0.2) is 103 Å². The van der Waals surface area contributed by atoms with Gasteiger partial charge in [-0.15, -0.1) is 0 Å². The van der Waals surface area contributed by atoms with Gasteiger partial charge in [0.15, 0.2) is 5.60 Å². The lowest BCUT2D eigenvalue weighted by atomic mass is 9.92. The van der Waals surface area contributed by atoms with Crippen molar-refractivity contribution in [3.63, 3.8) is 0 Å². The van der Waals surface area contributed by atoms with Crippen molar-refractivity contribution in [1.82, 2.24) is 0 Å². The molecule has 0 bridgehead atoms. The molecule has 5 aromatic rings. The summed E-state index contributed by atoms with van der Waals surface area (Å²) >= 11 is 0. The summed E-state index contributed by atoms with van der Waals surface area (Å²) in [5.41, 5.74) is 1.34. The van der Waals surface area contributed by atoms with Crippen molar-refractivity contribution in [3.8, 4) is 22.6 Å². The van der Waals surface area contributed by atoms with E-state index in [9.17, 15) is 5.11 Å². The second-order valence-electron chi connectivity index (χ2n) is 8.40. The number of aliphatic hydroxyl groups is 1. The van der Waals surface area contributed by atoms with Crippen molar-refractivity contribution in [2.45, 2.75) is 18.8 Å². The maximum Gasteiger partial charge on any atom is 0.273 e. The van der Waals surface area contributed by atoms with E-state index in [-0.39, 0.29) is 0 Å². The minimum absolute atomic E-state index is 0.694. The summed E-state index contributed by atoms with van der Waals surface area (Å²) in [6.45, 7) is 1.74. The molecule has 1 aliphatic rings. The summed E-state index contributed by atoms with van der Waals surface area (Å²) in [5.74, 6) is 1.39. The van der Waals surface area contributed by atoms with Gasteiger partial charge in [-0.2, -0.15) is 0 Å². The molecular formula is C29H22O3. The van der Waals surface area contributed by atoms with Crippen molar-refractivity contribution in [3.05, 3.63) is 109 Å². The first-order valence-electron chi connectivity index (χ1n) is 10.8. The molecule has 1 atom stereocenters. The summed E-state index contributed by atoms with van der Waals surface area (Å²) in [4.78, 5) is 0. The van der Waals surface area contributed by atoms with Gasteiger partial charge in [0.05, 0.1) is 0 Å². The number of benzene rings is 5. The fraction of sp³-hybridized carbons (Fsp3) is 0.103. The van der Waals surface area contributed by atoms with Crippen molar-refractivity contribution < 1.29 is 14.6 Å². The van der Waals surface area contributed by atoms with Crippen LogP contribution in [0, 0.1) is 0 Å². The van der Waals surface area contributed by atoms with Gasteiger partial charge < -0.3 is 14.6 Å². The Bertz CT molecular complexity index is 1370. The fourth-order valence-electron chi connectivity index (χ4n) is 4.61. The topological polar surface area (TPSA) is 38.7 Å². The molecule has 0 amide bonds. The van der Waals surface area contributed by atoms with Gasteiger partial charge in [-0.25, -0.2) is 0 Å². The predicted molar refractivity (Wildman–Crippen MR) is 128 cm³/mol. The molecule has 1 N–H and O–H groups in total. The number of fused-ring (bicyclic) bond motifs is 7. The standard InChI is InChI=1S/C29H22O3/c1-29(30,21-11-3-2-4-12-21)28-31-24-17-15-19-9-5-7-13-22(19)26(24)27-23-14-8-6-10-20(23)16-18-25(27)32-28/h2-18,28,30H,1H3/t29-/m0/s1. The Hall–Kier alpha value is -3.82. The third-order valence-corrected chi connectivity index (χ3v) is 6.32. The highest BCUT2D eigenvalue weighted by molar-refractivity contribution is 6.09. The van der Waals surface area contributed by atoms with Crippen LogP contribution >= 0.6 is 0 Å². The number of rotatable bonds is 2. The smallest absolute Gasteiger partial charge is 0.273 e. The zero-order valence-corrected chi connectivity index (χ0v) is 17.7. The first-order valence-corrected chi connectivity index (χ1v) is 10.8. The van der Waals surface area contributed by atoms with E-state index in [2.05, 4.69) is 36.4 Å². The molecule has 0 radical (unpaired) electrons. The Morgan fingerprint density at radius 1 is 0.594 bits per heavy atom. The Morgan fingerprint density at radius 2 is 1.06 bits per heavy atom. The minimum atomic E-state index is -1.36. The summed E-state index contributed by atoms with van der Waals surface area (Å²) < 4.78 is 12.9. The molecule has 0 unspecified atom stereocenters. The van der Waals surface area contributed by atoms with Crippen molar-refractivity contribution in [2.24, 2.45) is 0 Å². The van der Waals surface area contributed by atoms with Gasteiger partial charge in [0.25, 0.3) is 6.29 Å². The maximum absolute atomic E-state index is 11.6. The zero-order valence-electron chi connectivity index (χ0n) is 17.7. The van der Waals surface area contributed by atoms with Crippen LogP contribution in [0.25, 0.3) is 32.7 Å². The van der Waals surface area contributed by atoms with E-state index in [1.165, 1.54) is 0 Å². The van der Waals surface area contributed by atoms with Crippen molar-refractivity contribution >= 4 is 21.5 Å². The van der Waals surface area contributed by atoms with Gasteiger partial charge in [0, 0.05) is 11.1 Å². The van der Waals surface area contributed by atoms with Crippen LogP contribution in [0.4, 0.5) is 0 Å². The summed E-state index contributed by atoms with van der Waals surface area (Å²) in [6, 6.07) is 34.2. The van der Waals surface area contributed by atoms with Crippen LogP contribution in [-0.2, 0) is 5.60 Å². The lowest BCUT2D eigenvalue weighted by Gasteiger charge is -2.32. The van der Waals surface area contributed by atoms with E-state index >= 15 is 0 Å². The van der Waals surface area contributed by atoms with E-state index in [1.807, 2.05) is 66.7 Å². The van der Waals surface area contributed by atoms with Crippen molar-refractivity contribution in [1.29, 1.82) is 0 Å². The second kappa shape index (κ2) is 7.11. The molecule has 5 aromatic carbocycles. The molecule has 0 aromatic heterocycles. The Labute approximate surface area is 186 Å². The van der Waals surface area contributed by atoms with Gasteiger partial charge >= 0.3 is 0 Å². The van der Waals surface area contributed by atoms with Gasteiger partial charge in [-0.05, 0) is 46.2 Å². The second-order valence-corrected chi connectivity index (χ2v) is 8.40. The molecule has 156 valence electrons. The van der Waals surface area contributed by atoms with Gasteiger partial charge in [-0.3, -0.25) is 0 Å². The van der Waals surface area contributed by atoms with E-state index < -0.39 is 11.9 Å². The summed E-state index contributed by atoms with van der Waals surface area (Å²) in [5, 5.41) is 16.0. The molecule has 1 heterocycles. The van der Waals surface area contributed by atoms with Crippen LogP contribution < -0.4 is 9.47 Å². The molecule has 0 saturated heterocycles. The normalized spacial score (nSPS) is 15.2. The van der Waals surface area contributed by atoms with E-state index in [4.69, 9.17) is 9.47 Å². The monoisotopic (exact) mass is 418 g/mol. The van der Waals surface area contributed by atoms with E-state index in [1.54, 1.807) is 6.92 Å². The molecule has 0 saturated carbocycles. The number of hydrogen-bond donors (Lipinski definition) is 1. The number of hydrogen-bond acceptors (Lipinski definition) is 3. The zero-order chi connectivity index (χ0) is 21.7. The third kappa shape index (κ3) is 2.86. The molecule has 32 heavy (non-hydrogen) atoms. The molecule has 3 nitrogen and oxygen atoms in total.